The normalized spacial score (nSPS) is 22.0. The molecule has 0 unspecified atom stereocenters. The summed E-state index contributed by atoms with van der Waals surface area (Å²) in [5.74, 6) is 1.19. The maximum Gasteiger partial charge on any atom is 0.241 e. The number of hydrogen-bond donors (Lipinski definition) is 0. The number of amidine groups is 1. The number of pyridine rings is 1. The van der Waals surface area contributed by atoms with Gasteiger partial charge in [0.15, 0.2) is 5.17 Å². The molecule has 2 aromatic heterocycles. The van der Waals surface area contributed by atoms with Crippen LogP contribution >= 0.6 is 11.8 Å². The molecule has 2 aliphatic heterocycles. The van der Waals surface area contributed by atoms with Crippen molar-refractivity contribution in [2.24, 2.45) is 4.99 Å². The van der Waals surface area contributed by atoms with Crippen molar-refractivity contribution >= 4 is 16.9 Å². The van der Waals surface area contributed by atoms with E-state index in [1.807, 2.05) is 30.0 Å². The zero-order valence-corrected chi connectivity index (χ0v) is 14.4. The molecule has 24 heavy (non-hydrogen) atoms. The molecule has 2 aromatic rings. The van der Waals surface area contributed by atoms with Gasteiger partial charge in [0.05, 0.1) is 13.1 Å². The minimum Gasteiger partial charge on any atom is -0.349 e. The Morgan fingerprint density at radius 3 is 2.83 bits per heavy atom. The third-order valence-electron chi connectivity index (χ3n) is 4.15. The number of hydrogen-bond acceptors (Lipinski definition) is 8. The highest BCUT2D eigenvalue weighted by Gasteiger charge is 2.25. The third kappa shape index (κ3) is 3.44. The summed E-state index contributed by atoms with van der Waals surface area (Å²) in [6.45, 7) is 7.82. The second-order valence-electron chi connectivity index (χ2n) is 6.04. The molecule has 1 atom stereocenters. The summed E-state index contributed by atoms with van der Waals surface area (Å²) in [6.07, 6.45) is 1.73. The van der Waals surface area contributed by atoms with Crippen LogP contribution in [-0.2, 0) is 6.54 Å². The molecular formula is C16H20N6OS. The van der Waals surface area contributed by atoms with Crippen molar-refractivity contribution in [2.45, 2.75) is 18.7 Å². The lowest BCUT2D eigenvalue weighted by Gasteiger charge is -2.34. The van der Waals surface area contributed by atoms with E-state index in [0.717, 1.165) is 38.4 Å². The van der Waals surface area contributed by atoms with Crippen molar-refractivity contribution in [1.29, 1.82) is 0 Å². The standard InChI is InChI=1S/C16H20N6OS/c1-12-10-18-16(24-12)22-8-6-21(7-9-22)11-14-19-15(20-23-14)13-4-2-3-5-17-13/h2-5,12H,6-11H2,1H3/t12-/m1/s1. The van der Waals surface area contributed by atoms with Crippen LogP contribution in [0.15, 0.2) is 33.9 Å². The number of aromatic nitrogens is 3. The maximum absolute atomic E-state index is 5.38. The molecule has 0 spiro atoms. The van der Waals surface area contributed by atoms with Gasteiger partial charge in [-0.05, 0) is 12.1 Å². The van der Waals surface area contributed by atoms with E-state index < -0.39 is 0 Å². The Hall–Kier alpha value is -1.93. The minimum absolute atomic E-state index is 0.551. The summed E-state index contributed by atoms with van der Waals surface area (Å²) in [6, 6.07) is 5.67. The SMILES string of the molecule is C[C@@H]1CN=C(N2CCN(Cc3nc(-c4ccccn4)no3)CC2)S1. The van der Waals surface area contributed by atoms with Gasteiger partial charge >= 0.3 is 0 Å². The number of piperazine rings is 1. The van der Waals surface area contributed by atoms with E-state index in [1.165, 1.54) is 5.17 Å². The molecule has 0 amide bonds. The van der Waals surface area contributed by atoms with Crippen molar-refractivity contribution in [3.8, 4) is 11.5 Å². The largest absolute Gasteiger partial charge is 0.349 e. The molecule has 7 nitrogen and oxygen atoms in total. The number of rotatable bonds is 3. The van der Waals surface area contributed by atoms with Crippen LogP contribution in [0.2, 0.25) is 0 Å². The third-order valence-corrected chi connectivity index (χ3v) is 5.30. The van der Waals surface area contributed by atoms with Crippen LogP contribution in [0.5, 0.6) is 0 Å². The molecule has 0 aliphatic carbocycles. The molecule has 0 radical (unpaired) electrons. The average Bonchev–Trinajstić information content (AvgIpc) is 3.26. The van der Waals surface area contributed by atoms with E-state index >= 15 is 0 Å². The Bertz CT molecular complexity index is 710. The summed E-state index contributed by atoms with van der Waals surface area (Å²) in [7, 11) is 0. The van der Waals surface area contributed by atoms with Crippen LogP contribution in [0.1, 0.15) is 12.8 Å². The summed E-state index contributed by atoms with van der Waals surface area (Å²) >= 11 is 1.89. The quantitative estimate of drug-likeness (QED) is 0.840. The Balaban J connectivity index is 1.32. The number of aliphatic imine (C=N–C) groups is 1. The van der Waals surface area contributed by atoms with Gasteiger partial charge in [0.25, 0.3) is 0 Å². The lowest BCUT2D eigenvalue weighted by Crippen LogP contribution is -2.47. The van der Waals surface area contributed by atoms with Gasteiger partial charge in [-0.15, -0.1) is 0 Å². The summed E-state index contributed by atoms with van der Waals surface area (Å²) < 4.78 is 5.38. The fourth-order valence-corrected chi connectivity index (χ4v) is 3.83. The van der Waals surface area contributed by atoms with E-state index in [9.17, 15) is 0 Å². The highest BCUT2D eigenvalue weighted by atomic mass is 32.2. The number of thioether (sulfide) groups is 1. The second-order valence-corrected chi connectivity index (χ2v) is 7.45. The molecule has 4 heterocycles. The van der Waals surface area contributed by atoms with E-state index in [1.54, 1.807) is 6.20 Å². The van der Waals surface area contributed by atoms with Crippen molar-refractivity contribution in [3.05, 3.63) is 30.3 Å². The molecule has 4 rings (SSSR count). The molecule has 0 N–H and O–H groups in total. The number of nitrogens with zero attached hydrogens (tertiary/aromatic N) is 6. The lowest BCUT2D eigenvalue weighted by atomic mass is 10.3. The van der Waals surface area contributed by atoms with Gasteiger partial charge in [0, 0.05) is 37.6 Å². The van der Waals surface area contributed by atoms with Crippen LogP contribution < -0.4 is 0 Å². The topological polar surface area (TPSA) is 70.7 Å². The molecule has 1 saturated heterocycles. The highest BCUT2D eigenvalue weighted by molar-refractivity contribution is 8.14. The predicted molar refractivity (Wildman–Crippen MR) is 93.7 cm³/mol. The van der Waals surface area contributed by atoms with Crippen LogP contribution in [0, 0.1) is 0 Å². The molecule has 0 bridgehead atoms. The Labute approximate surface area is 145 Å². The van der Waals surface area contributed by atoms with Crippen LogP contribution in [0.3, 0.4) is 0 Å². The maximum atomic E-state index is 5.38. The minimum atomic E-state index is 0.551. The van der Waals surface area contributed by atoms with Crippen LogP contribution in [0.25, 0.3) is 11.5 Å². The predicted octanol–water partition coefficient (Wildman–Crippen LogP) is 1.74. The molecular weight excluding hydrogens is 324 g/mol. The Morgan fingerprint density at radius 1 is 1.25 bits per heavy atom. The van der Waals surface area contributed by atoms with Gasteiger partial charge < -0.3 is 9.42 Å². The van der Waals surface area contributed by atoms with Gasteiger partial charge in [-0.3, -0.25) is 14.9 Å². The average molecular weight is 344 g/mol. The van der Waals surface area contributed by atoms with Gasteiger partial charge in [-0.2, -0.15) is 4.98 Å². The van der Waals surface area contributed by atoms with E-state index in [2.05, 4.69) is 36.8 Å². The Kier molecular flexibility index (Phi) is 4.48. The molecule has 8 heteroatoms. The molecule has 0 aromatic carbocycles. The molecule has 126 valence electrons. The summed E-state index contributed by atoms with van der Waals surface area (Å²) in [5.41, 5.74) is 0.739. The summed E-state index contributed by atoms with van der Waals surface area (Å²) in [5, 5.41) is 5.85. The summed E-state index contributed by atoms with van der Waals surface area (Å²) in [4.78, 5) is 18.1. The first-order valence-electron chi connectivity index (χ1n) is 8.20. The lowest BCUT2D eigenvalue weighted by molar-refractivity contribution is 0.159. The Morgan fingerprint density at radius 2 is 2.12 bits per heavy atom. The molecule has 1 fully saturated rings. The van der Waals surface area contributed by atoms with Crippen molar-refractivity contribution in [3.63, 3.8) is 0 Å². The fraction of sp³-hybridized carbons (Fsp3) is 0.500. The van der Waals surface area contributed by atoms with Gasteiger partial charge in [0.1, 0.15) is 5.69 Å². The van der Waals surface area contributed by atoms with Crippen molar-refractivity contribution in [1.82, 2.24) is 24.9 Å². The van der Waals surface area contributed by atoms with Gasteiger partial charge in [-0.1, -0.05) is 29.9 Å². The van der Waals surface area contributed by atoms with E-state index in [-0.39, 0.29) is 0 Å². The van der Waals surface area contributed by atoms with Gasteiger partial charge in [0.2, 0.25) is 11.7 Å². The molecule has 0 saturated carbocycles. The zero-order valence-electron chi connectivity index (χ0n) is 13.6. The van der Waals surface area contributed by atoms with Crippen molar-refractivity contribution in [2.75, 3.05) is 32.7 Å². The smallest absolute Gasteiger partial charge is 0.241 e. The van der Waals surface area contributed by atoms with E-state index in [0.29, 0.717) is 23.5 Å². The monoisotopic (exact) mass is 344 g/mol. The van der Waals surface area contributed by atoms with Crippen LogP contribution in [0.4, 0.5) is 0 Å². The second kappa shape index (κ2) is 6.90. The highest BCUT2D eigenvalue weighted by Crippen LogP contribution is 2.24. The zero-order chi connectivity index (χ0) is 16.4. The first-order chi connectivity index (χ1) is 11.8. The van der Waals surface area contributed by atoms with Gasteiger partial charge in [-0.25, -0.2) is 0 Å². The fourth-order valence-electron chi connectivity index (χ4n) is 2.84. The van der Waals surface area contributed by atoms with E-state index in [4.69, 9.17) is 4.52 Å². The van der Waals surface area contributed by atoms with Crippen LogP contribution in [-0.4, -0.2) is 68.1 Å². The first kappa shape index (κ1) is 15.6. The first-order valence-corrected chi connectivity index (χ1v) is 9.08. The molecule has 2 aliphatic rings. The van der Waals surface area contributed by atoms with Crippen molar-refractivity contribution < 1.29 is 4.52 Å².